The molecule has 0 bridgehead atoms. The van der Waals surface area contributed by atoms with E-state index in [-0.39, 0.29) is 0 Å². The van der Waals surface area contributed by atoms with Crippen LogP contribution in [0.5, 0.6) is 0 Å². The number of fused-ring (bicyclic) bond motifs is 1. The zero-order valence-corrected chi connectivity index (χ0v) is 15.3. The maximum Gasteiger partial charge on any atom is 0.412 e. The Labute approximate surface area is 148 Å². The first kappa shape index (κ1) is 16.5. The van der Waals surface area contributed by atoms with Crippen LogP contribution in [0.2, 0.25) is 0 Å². The number of anilines is 1. The van der Waals surface area contributed by atoms with E-state index in [1.807, 2.05) is 67.9 Å². The Morgan fingerprint density at radius 1 is 1.21 bits per heavy atom. The molecule has 24 heavy (non-hydrogen) atoms. The minimum Gasteiger partial charge on any atom is -0.444 e. The molecule has 1 amide bonds. The van der Waals surface area contributed by atoms with Gasteiger partial charge in [-0.3, -0.25) is 5.32 Å². The van der Waals surface area contributed by atoms with Gasteiger partial charge in [-0.15, -0.1) is 0 Å². The van der Waals surface area contributed by atoms with Gasteiger partial charge < -0.3 is 9.14 Å². The second-order valence-electron chi connectivity index (χ2n) is 6.42. The highest BCUT2D eigenvalue weighted by atomic mass is 79.9. The van der Waals surface area contributed by atoms with Gasteiger partial charge in [-0.1, -0.05) is 30.3 Å². The van der Waals surface area contributed by atoms with Gasteiger partial charge in [0.05, 0.1) is 15.9 Å². The Morgan fingerprint density at radius 3 is 2.58 bits per heavy atom. The van der Waals surface area contributed by atoms with Gasteiger partial charge in [-0.25, -0.2) is 9.78 Å². The van der Waals surface area contributed by atoms with Crippen molar-refractivity contribution >= 4 is 33.4 Å². The molecule has 2 aromatic heterocycles. The predicted octanol–water partition coefficient (Wildman–Crippen LogP) is 5.11. The van der Waals surface area contributed by atoms with E-state index in [0.717, 1.165) is 21.4 Å². The van der Waals surface area contributed by atoms with Crippen LogP contribution in [0.15, 0.2) is 53.3 Å². The molecule has 2 heterocycles. The summed E-state index contributed by atoms with van der Waals surface area (Å²) in [6, 6.07) is 11.8. The van der Waals surface area contributed by atoms with Crippen molar-refractivity contribution < 1.29 is 9.53 Å². The fraction of sp³-hybridized carbons (Fsp3) is 0.222. The number of aromatic nitrogens is 2. The summed E-state index contributed by atoms with van der Waals surface area (Å²) in [4.78, 5) is 16.6. The number of hydrogen-bond acceptors (Lipinski definition) is 3. The summed E-state index contributed by atoms with van der Waals surface area (Å²) in [5, 5.41) is 2.75. The maximum atomic E-state index is 12.0. The topological polar surface area (TPSA) is 55.6 Å². The first-order chi connectivity index (χ1) is 11.3. The van der Waals surface area contributed by atoms with E-state index in [4.69, 9.17) is 4.74 Å². The minimum atomic E-state index is -0.547. The molecule has 0 aliphatic rings. The molecule has 0 saturated carbocycles. The maximum absolute atomic E-state index is 12.0. The molecule has 0 atom stereocenters. The number of benzene rings is 1. The Morgan fingerprint density at radius 2 is 1.92 bits per heavy atom. The van der Waals surface area contributed by atoms with E-state index in [1.165, 1.54) is 0 Å². The average molecular weight is 388 g/mol. The van der Waals surface area contributed by atoms with Crippen molar-refractivity contribution in [1.82, 2.24) is 9.38 Å². The molecule has 0 unspecified atom stereocenters. The van der Waals surface area contributed by atoms with Crippen LogP contribution in [-0.4, -0.2) is 21.1 Å². The van der Waals surface area contributed by atoms with Crippen LogP contribution >= 0.6 is 15.9 Å². The molecule has 0 aliphatic carbocycles. The van der Waals surface area contributed by atoms with Gasteiger partial charge in [-0.05, 0) is 36.7 Å². The molecule has 0 fully saturated rings. The minimum absolute atomic E-state index is 0.498. The second kappa shape index (κ2) is 6.28. The molecular weight excluding hydrogens is 370 g/mol. The van der Waals surface area contributed by atoms with Crippen LogP contribution in [0.1, 0.15) is 20.8 Å². The molecule has 1 N–H and O–H groups in total. The number of pyridine rings is 1. The molecule has 3 rings (SSSR count). The molecular formula is C18H18BrN3O2. The summed E-state index contributed by atoms with van der Waals surface area (Å²) in [6.07, 6.45) is 3.32. The zero-order chi connectivity index (χ0) is 17.3. The van der Waals surface area contributed by atoms with Gasteiger partial charge in [0.15, 0.2) is 0 Å². The van der Waals surface area contributed by atoms with Gasteiger partial charge in [0.2, 0.25) is 0 Å². The summed E-state index contributed by atoms with van der Waals surface area (Å²) >= 11 is 3.47. The molecule has 5 nitrogen and oxygen atoms in total. The number of nitrogens with one attached hydrogen (secondary N) is 1. The van der Waals surface area contributed by atoms with Crippen molar-refractivity contribution in [3.05, 3.63) is 53.3 Å². The van der Waals surface area contributed by atoms with Crippen molar-refractivity contribution in [2.75, 3.05) is 5.32 Å². The summed E-state index contributed by atoms with van der Waals surface area (Å²) < 4.78 is 7.94. The Kier molecular flexibility index (Phi) is 4.32. The van der Waals surface area contributed by atoms with Crippen LogP contribution in [0.3, 0.4) is 0 Å². The first-order valence-corrected chi connectivity index (χ1v) is 8.35. The van der Waals surface area contributed by atoms with Crippen molar-refractivity contribution in [2.45, 2.75) is 26.4 Å². The van der Waals surface area contributed by atoms with Gasteiger partial charge in [-0.2, -0.15) is 0 Å². The third kappa shape index (κ3) is 3.76. The van der Waals surface area contributed by atoms with Crippen LogP contribution < -0.4 is 5.32 Å². The van der Waals surface area contributed by atoms with E-state index in [2.05, 4.69) is 26.2 Å². The number of carbonyl (C=O) groups excluding carboxylic acids is 1. The number of nitrogens with zero attached hydrogens (tertiary/aromatic N) is 2. The zero-order valence-electron chi connectivity index (χ0n) is 13.7. The van der Waals surface area contributed by atoms with Crippen LogP contribution in [0.25, 0.3) is 16.9 Å². The smallest absolute Gasteiger partial charge is 0.412 e. The standard InChI is InChI=1S/C18H18BrN3O2/c1-18(2,3)24-17(23)21-14-9-16-20-15(11-22(16)10-13(14)19)12-7-5-4-6-8-12/h4-11H,1-3H3,(H,21,23). The normalized spacial score (nSPS) is 11.5. The molecule has 0 aliphatic heterocycles. The molecule has 0 radical (unpaired) electrons. The van der Waals surface area contributed by atoms with Crippen molar-refractivity contribution in [2.24, 2.45) is 0 Å². The predicted molar refractivity (Wildman–Crippen MR) is 98.2 cm³/mol. The van der Waals surface area contributed by atoms with Crippen molar-refractivity contribution in [1.29, 1.82) is 0 Å². The van der Waals surface area contributed by atoms with Crippen molar-refractivity contribution in [3.63, 3.8) is 0 Å². The SMILES string of the molecule is CC(C)(C)OC(=O)Nc1cc2nc(-c3ccccc3)cn2cc1Br. The third-order valence-electron chi connectivity index (χ3n) is 3.25. The lowest BCUT2D eigenvalue weighted by atomic mass is 10.2. The highest BCUT2D eigenvalue weighted by Gasteiger charge is 2.17. The lowest BCUT2D eigenvalue weighted by Gasteiger charge is -2.20. The number of ether oxygens (including phenoxy) is 1. The van der Waals surface area contributed by atoms with Crippen LogP contribution in [-0.2, 0) is 4.74 Å². The number of carbonyl (C=O) groups is 1. The fourth-order valence-corrected chi connectivity index (χ4v) is 2.70. The van der Waals surface area contributed by atoms with E-state index >= 15 is 0 Å². The van der Waals surface area contributed by atoms with E-state index in [1.54, 1.807) is 6.07 Å². The fourth-order valence-electron chi connectivity index (χ4n) is 2.27. The summed E-state index contributed by atoms with van der Waals surface area (Å²) in [6.45, 7) is 5.47. The monoisotopic (exact) mass is 387 g/mol. The summed E-state index contributed by atoms with van der Waals surface area (Å²) in [5.74, 6) is 0. The number of amides is 1. The van der Waals surface area contributed by atoms with Gasteiger partial charge in [0.25, 0.3) is 0 Å². The number of hydrogen-bond donors (Lipinski definition) is 1. The second-order valence-corrected chi connectivity index (χ2v) is 7.27. The molecule has 0 spiro atoms. The third-order valence-corrected chi connectivity index (χ3v) is 3.88. The van der Waals surface area contributed by atoms with E-state index in [0.29, 0.717) is 5.69 Å². The first-order valence-electron chi connectivity index (χ1n) is 7.55. The lowest BCUT2D eigenvalue weighted by Crippen LogP contribution is -2.27. The Bertz CT molecular complexity index is 882. The molecule has 3 aromatic rings. The lowest BCUT2D eigenvalue weighted by molar-refractivity contribution is 0.0636. The van der Waals surface area contributed by atoms with E-state index < -0.39 is 11.7 Å². The molecule has 0 saturated heterocycles. The molecule has 1 aromatic carbocycles. The number of rotatable bonds is 2. The Hall–Kier alpha value is -2.34. The highest BCUT2D eigenvalue weighted by Crippen LogP contribution is 2.27. The van der Waals surface area contributed by atoms with Gasteiger partial charge >= 0.3 is 6.09 Å². The molecule has 124 valence electrons. The van der Waals surface area contributed by atoms with Gasteiger partial charge in [0.1, 0.15) is 11.2 Å². The van der Waals surface area contributed by atoms with Crippen LogP contribution in [0.4, 0.5) is 10.5 Å². The van der Waals surface area contributed by atoms with Crippen LogP contribution in [0, 0.1) is 0 Å². The number of halogens is 1. The quantitative estimate of drug-likeness (QED) is 0.664. The molecule has 6 heteroatoms. The highest BCUT2D eigenvalue weighted by molar-refractivity contribution is 9.10. The number of imidazole rings is 1. The van der Waals surface area contributed by atoms with Gasteiger partial charge in [0, 0.05) is 24.0 Å². The largest absolute Gasteiger partial charge is 0.444 e. The summed E-state index contributed by atoms with van der Waals surface area (Å²) in [5.41, 5.74) is 2.72. The average Bonchev–Trinajstić information content (AvgIpc) is 2.89. The van der Waals surface area contributed by atoms with Crippen molar-refractivity contribution in [3.8, 4) is 11.3 Å². The summed E-state index contributed by atoms with van der Waals surface area (Å²) in [7, 11) is 0. The Balaban J connectivity index is 1.91. The van der Waals surface area contributed by atoms with E-state index in [9.17, 15) is 4.79 Å².